The van der Waals surface area contributed by atoms with Crippen LogP contribution in [0.25, 0.3) is 0 Å². The molecule has 0 aliphatic carbocycles. The van der Waals surface area contributed by atoms with Gasteiger partial charge in [0, 0.05) is 31.8 Å². The maximum Gasteiger partial charge on any atom is 0.412 e. The summed E-state index contributed by atoms with van der Waals surface area (Å²) in [4.78, 5) is 30.8. The number of hydrogen-bond donors (Lipinski definition) is 1. The van der Waals surface area contributed by atoms with Crippen molar-refractivity contribution in [2.75, 3.05) is 32.3 Å². The lowest BCUT2D eigenvalue weighted by molar-refractivity contribution is 0.0203. The number of hydrogen-bond acceptors (Lipinski definition) is 7. The van der Waals surface area contributed by atoms with E-state index in [-0.39, 0.29) is 18.8 Å². The second-order valence-electron chi connectivity index (χ2n) is 9.52. The summed E-state index contributed by atoms with van der Waals surface area (Å²) in [7, 11) is 1.52. The number of carbonyl (C=O) groups is 2. The minimum absolute atomic E-state index is 0.0261. The molecule has 0 atom stereocenters. The van der Waals surface area contributed by atoms with Crippen molar-refractivity contribution in [2.24, 2.45) is 0 Å². The number of nitrogens with zero attached hydrogens (tertiary/aromatic N) is 2. The smallest absolute Gasteiger partial charge is 0.412 e. The van der Waals surface area contributed by atoms with Crippen molar-refractivity contribution in [1.29, 1.82) is 0 Å². The number of likely N-dealkylation sites (tertiary alicyclic amines) is 1. The quantitative estimate of drug-likeness (QED) is 0.676. The van der Waals surface area contributed by atoms with Crippen molar-refractivity contribution in [2.45, 2.75) is 71.5 Å². The van der Waals surface area contributed by atoms with Crippen LogP contribution in [0.3, 0.4) is 0 Å². The number of anilines is 1. The highest BCUT2D eigenvalue weighted by Gasteiger charge is 2.28. The Hall–Kier alpha value is -2.55. The molecule has 2 amide bonds. The largest absolute Gasteiger partial charge is 0.464 e. The van der Waals surface area contributed by atoms with Gasteiger partial charge in [0.2, 0.25) is 0 Å². The Labute approximate surface area is 184 Å². The average Bonchev–Trinajstić information content (AvgIpc) is 2.64. The van der Waals surface area contributed by atoms with Gasteiger partial charge in [-0.05, 0) is 60.5 Å². The highest BCUT2D eigenvalue weighted by molar-refractivity contribution is 5.87. The highest BCUT2D eigenvalue weighted by atomic mass is 16.7. The van der Waals surface area contributed by atoms with Crippen molar-refractivity contribution in [3.63, 3.8) is 0 Å². The Balaban J connectivity index is 2.09. The first-order valence-electron chi connectivity index (χ1n) is 10.5. The molecule has 31 heavy (non-hydrogen) atoms. The standard InChI is InChI=1S/C22H35N3O6/c1-21(2,3)30-19(26)24-17-12-16(23-13-18(17)29-14-28-7)15-8-10-25(11-9-15)20(27)31-22(4,5)6/h12-13,15H,8-11,14H2,1-7H3,(H,23,24,26). The van der Waals surface area contributed by atoms with Gasteiger partial charge in [-0.2, -0.15) is 0 Å². The van der Waals surface area contributed by atoms with Gasteiger partial charge in [-0.3, -0.25) is 10.3 Å². The minimum Gasteiger partial charge on any atom is -0.464 e. The third kappa shape index (κ3) is 8.24. The van der Waals surface area contributed by atoms with E-state index in [1.807, 2.05) is 20.8 Å². The van der Waals surface area contributed by atoms with Crippen LogP contribution in [0, 0.1) is 0 Å². The molecule has 0 aromatic carbocycles. The molecule has 0 bridgehead atoms. The van der Waals surface area contributed by atoms with Gasteiger partial charge in [-0.15, -0.1) is 0 Å². The number of amides is 2. The van der Waals surface area contributed by atoms with E-state index in [1.165, 1.54) is 7.11 Å². The van der Waals surface area contributed by atoms with Crippen LogP contribution in [-0.4, -0.2) is 60.3 Å². The van der Waals surface area contributed by atoms with E-state index < -0.39 is 17.3 Å². The molecule has 1 aliphatic heterocycles. The van der Waals surface area contributed by atoms with Gasteiger partial charge in [-0.1, -0.05) is 0 Å². The Bertz CT molecular complexity index is 761. The van der Waals surface area contributed by atoms with Crippen molar-refractivity contribution in [1.82, 2.24) is 9.88 Å². The molecule has 2 rings (SSSR count). The number of nitrogens with one attached hydrogen (secondary N) is 1. The maximum atomic E-state index is 12.3. The van der Waals surface area contributed by atoms with Crippen molar-refractivity contribution in [3.05, 3.63) is 18.0 Å². The minimum atomic E-state index is -0.623. The Morgan fingerprint density at radius 2 is 1.71 bits per heavy atom. The van der Waals surface area contributed by atoms with Crippen LogP contribution in [-0.2, 0) is 14.2 Å². The van der Waals surface area contributed by atoms with Crippen LogP contribution in [0.2, 0.25) is 0 Å². The van der Waals surface area contributed by atoms with E-state index in [0.29, 0.717) is 24.5 Å². The summed E-state index contributed by atoms with van der Waals surface area (Å²) in [5.41, 5.74) is 0.142. The van der Waals surface area contributed by atoms with E-state index >= 15 is 0 Å². The van der Waals surface area contributed by atoms with Gasteiger partial charge in [0.1, 0.15) is 11.2 Å². The zero-order chi connectivity index (χ0) is 23.2. The lowest BCUT2D eigenvalue weighted by atomic mass is 9.93. The maximum absolute atomic E-state index is 12.3. The molecule has 9 heteroatoms. The molecule has 1 aromatic heterocycles. The van der Waals surface area contributed by atoms with Crippen LogP contribution in [0.1, 0.15) is 66.0 Å². The summed E-state index contributed by atoms with van der Waals surface area (Å²) < 4.78 is 21.3. The molecule has 1 saturated heterocycles. The fraction of sp³-hybridized carbons (Fsp3) is 0.682. The molecular formula is C22H35N3O6. The monoisotopic (exact) mass is 437 g/mol. The summed E-state index contributed by atoms with van der Waals surface area (Å²) >= 11 is 0. The normalized spacial score (nSPS) is 15.4. The predicted molar refractivity (Wildman–Crippen MR) is 116 cm³/mol. The number of methoxy groups -OCH3 is 1. The number of piperidine rings is 1. The summed E-state index contributed by atoms with van der Waals surface area (Å²) in [6.07, 6.45) is 2.19. The number of ether oxygens (including phenoxy) is 4. The molecule has 0 radical (unpaired) electrons. The number of rotatable bonds is 5. The molecule has 0 unspecified atom stereocenters. The van der Waals surface area contributed by atoms with Crippen LogP contribution in [0.4, 0.5) is 15.3 Å². The SMILES string of the molecule is COCOc1cnc(C2CCN(C(=O)OC(C)(C)C)CC2)cc1NC(=O)OC(C)(C)C. The topological polar surface area (TPSA) is 99.2 Å². The average molecular weight is 438 g/mol. The second kappa shape index (κ2) is 10.2. The molecule has 174 valence electrons. The lowest BCUT2D eigenvalue weighted by Crippen LogP contribution is -2.41. The molecule has 1 aromatic rings. The first kappa shape index (κ1) is 24.7. The molecule has 1 aliphatic rings. The highest BCUT2D eigenvalue weighted by Crippen LogP contribution is 2.32. The van der Waals surface area contributed by atoms with E-state index in [9.17, 15) is 9.59 Å². The van der Waals surface area contributed by atoms with Gasteiger partial charge in [0.15, 0.2) is 12.5 Å². The molecule has 1 N–H and O–H groups in total. The van der Waals surface area contributed by atoms with Crippen molar-refractivity contribution >= 4 is 17.9 Å². The zero-order valence-electron chi connectivity index (χ0n) is 19.6. The van der Waals surface area contributed by atoms with Crippen LogP contribution >= 0.6 is 0 Å². The van der Waals surface area contributed by atoms with Gasteiger partial charge in [0.05, 0.1) is 11.9 Å². The van der Waals surface area contributed by atoms with Crippen LogP contribution in [0.5, 0.6) is 5.75 Å². The Kier molecular flexibility index (Phi) is 8.11. The third-order valence-electron chi connectivity index (χ3n) is 4.42. The van der Waals surface area contributed by atoms with Gasteiger partial charge < -0.3 is 23.8 Å². The molecule has 2 heterocycles. The van der Waals surface area contributed by atoms with Crippen molar-refractivity contribution < 1.29 is 28.5 Å². The number of carbonyl (C=O) groups excluding carboxylic acids is 2. The van der Waals surface area contributed by atoms with Crippen molar-refractivity contribution in [3.8, 4) is 5.75 Å². The predicted octanol–water partition coefficient (Wildman–Crippen LogP) is 4.53. The number of aromatic nitrogens is 1. The third-order valence-corrected chi connectivity index (χ3v) is 4.42. The lowest BCUT2D eigenvalue weighted by Gasteiger charge is -2.33. The fourth-order valence-electron chi connectivity index (χ4n) is 3.12. The first-order chi connectivity index (χ1) is 14.4. The first-order valence-corrected chi connectivity index (χ1v) is 10.5. The van der Waals surface area contributed by atoms with E-state index in [1.54, 1.807) is 37.9 Å². The molecule has 0 spiro atoms. The number of pyridine rings is 1. The Morgan fingerprint density at radius 3 is 2.26 bits per heavy atom. The van der Waals surface area contributed by atoms with E-state index in [4.69, 9.17) is 18.9 Å². The molecule has 1 fully saturated rings. The molecular weight excluding hydrogens is 402 g/mol. The fourth-order valence-corrected chi connectivity index (χ4v) is 3.12. The van der Waals surface area contributed by atoms with Crippen LogP contribution in [0.15, 0.2) is 12.3 Å². The molecule has 0 saturated carbocycles. The van der Waals surface area contributed by atoms with Crippen LogP contribution < -0.4 is 10.1 Å². The Morgan fingerprint density at radius 1 is 1.10 bits per heavy atom. The summed E-state index contributed by atoms with van der Waals surface area (Å²) in [6.45, 7) is 12.1. The summed E-state index contributed by atoms with van der Waals surface area (Å²) in [6, 6.07) is 1.79. The second-order valence-corrected chi connectivity index (χ2v) is 9.52. The zero-order valence-corrected chi connectivity index (χ0v) is 19.6. The summed E-state index contributed by atoms with van der Waals surface area (Å²) in [5.74, 6) is 0.539. The molecule has 9 nitrogen and oxygen atoms in total. The van der Waals surface area contributed by atoms with E-state index in [0.717, 1.165) is 18.5 Å². The van der Waals surface area contributed by atoms with E-state index in [2.05, 4.69) is 10.3 Å². The summed E-state index contributed by atoms with van der Waals surface area (Å²) in [5, 5.41) is 2.74. The van der Waals surface area contributed by atoms with Gasteiger partial charge in [-0.25, -0.2) is 9.59 Å². The van der Waals surface area contributed by atoms with Gasteiger partial charge >= 0.3 is 12.2 Å². The van der Waals surface area contributed by atoms with Gasteiger partial charge in [0.25, 0.3) is 0 Å².